The summed E-state index contributed by atoms with van der Waals surface area (Å²) in [7, 11) is 1.91. The molecule has 2 atom stereocenters. The quantitative estimate of drug-likeness (QED) is 0.469. The van der Waals surface area contributed by atoms with Gasteiger partial charge in [0.2, 0.25) is 0 Å². The number of hydrogen-bond donors (Lipinski definition) is 4. The molecule has 32 heavy (non-hydrogen) atoms. The fourth-order valence-corrected chi connectivity index (χ4v) is 4.02. The molecule has 2 unspecified atom stereocenters. The first-order valence-corrected chi connectivity index (χ1v) is 10.2. The number of nitrogens with two attached hydrogens (primary N) is 1. The number of carbonyl (C=O) groups is 1. The Labute approximate surface area is 184 Å². The van der Waals surface area contributed by atoms with E-state index in [9.17, 15) is 14.3 Å². The number of halogens is 1. The molecule has 8 nitrogen and oxygen atoms in total. The van der Waals surface area contributed by atoms with Crippen molar-refractivity contribution in [3.05, 3.63) is 65.5 Å². The standard InChI is InChI=1S/C23H25FN6O2/c1-12-10-30(3)29-21(12)13(2)28-22-17-6-16(14-4-5-15(11-31)26-8-14)19(24)7-20(17)27-9-18(22)23(25)32/h4-10,13,21,29,31H,11H2,1-3H3,(H2,25,32)(H,27,28). The van der Waals surface area contributed by atoms with Crippen LogP contribution in [0.1, 0.15) is 29.9 Å². The Morgan fingerprint density at radius 1 is 1.34 bits per heavy atom. The molecule has 2 aromatic heterocycles. The first-order chi connectivity index (χ1) is 15.3. The van der Waals surface area contributed by atoms with E-state index in [-0.39, 0.29) is 24.3 Å². The highest BCUT2D eigenvalue weighted by Crippen LogP contribution is 2.33. The molecule has 0 saturated carbocycles. The minimum absolute atomic E-state index is 0.000846. The summed E-state index contributed by atoms with van der Waals surface area (Å²) in [4.78, 5) is 20.6. The summed E-state index contributed by atoms with van der Waals surface area (Å²) in [6.45, 7) is 3.82. The molecular formula is C23H25FN6O2. The maximum absolute atomic E-state index is 14.9. The van der Waals surface area contributed by atoms with Crippen LogP contribution < -0.4 is 16.5 Å². The Kier molecular flexibility index (Phi) is 5.77. The zero-order valence-electron chi connectivity index (χ0n) is 18.1. The van der Waals surface area contributed by atoms with Gasteiger partial charge in [0, 0.05) is 54.3 Å². The summed E-state index contributed by atoms with van der Waals surface area (Å²) in [5, 5.41) is 15.1. The lowest BCUT2D eigenvalue weighted by molar-refractivity contribution is 0.100. The van der Waals surface area contributed by atoms with Gasteiger partial charge in [-0.1, -0.05) is 6.07 Å². The van der Waals surface area contributed by atoms with Gasteiger partial charge in [0.05, 0.1) is 35.1 Å². The lowest BCUT2D eigenvalue weighted by Gasteiger charge is -2.26. The number of anilines is 1. The van der Waals surface area contributed by atoms with E-state index in [0.29, 0.717) is 33.4 Å². The van der Waals surface area contributed by atoms with Crippen LogP contribution in [0.15, 0.2) is 48.4 Å². The second kappa shape index (κ2) is 8.52. The molecule has 0 bridgehead atoms. The molecule has 166 valence electrons. The zero-order chi connectivity index (χ0) is 23.0. The largest absolute Gasteiger partial charge is 0.390 e. The molecule has 0 aliphatic carbocycles. The highest BCUT2D eigenvalue weighted by Gasteiger charge is 2.26. The SMILES string of the molecule is CC1=CN(C)NC1C(C)Nc1c(C(N)=O)cnc2cc(F)c(-c3ccc(CO)nc3)cc12. The number of hydrazine groups is 1. The molecule has 3 aromatic rings. The van der Waals surface area contributed by atoms with E-state index in [1.807, 2.05) is 32.1 Å². The average molecular weight is 436 g/mol. The van der Waals surface area contributed by atoms with Gasteiger partial charge < -0.3 is 21.2 Å². The molecular weight excluding hydrogens is 411 g/mol. The van der Waals surface area contributed by atoms with Crippen LogP contribution in [-0.2, 0) is 6.61 Å². The van der Waals surface area contributed by atoms with Crippen molar-refractivity contribution in [3.63, 3.8) is 0 Å². The molecule has 1 aliphatic rings. The van der Waals surface area contributed by atoms with Gasteiger partial charge in [-0.2, -0.15) is 0 Å². The maximum atomic E-state index is 14.9. The van der Waals surface area contributed by atoms with Crippen LogP contribution in [0.5, 0.6) is 0 Å². The fourth-order valence-electron chi connectivity index (χ4n) is 4.02. The van der Waals surface area contributed by atoms with Gasteiger partial charge in [0.1, 0.15) is 5.82 Å². The second-order valence-corrected chi connectivity index (χ2v) is 7.98. The Morgan fingerprint density at radius 3 is 2.72 bits per heavy atom. The van der Waals surface area contributed by atoms with Crippen molar-refractivity contribution >= 4 is 22.5 Å². The Hall–Kier alpha value is -3.56. The third-order valence-electron chi connectivity index (χ3n) is 5.62. The number of fused-ring (bicyclic) bond motifs is 1. The summed E-state index contributed by atoms with van der Waals surface area (Å²) in [5.41, 5.74) is 12.6. The molecule has 0 fully saturated rings. The third-order valence-corrected chi connectivity index (χ3v) is 5.62. The number of aliphatic hydroxyl groups excluding tert-OH is 1. The topological polar surface area (TPSA) is 116 Å². The van der Waals surface area contributed by atoms with Gasteiger partial charge in [-0.05, 0) is 31.6 Å². The van der Waals surface area contributed by atoms with E-state index in [1.54, 1.807) is 18.2 Å². The number of carbonyl (C=O) groups excluding carboxylic acids is 1. The van der Waals surface area contributed by atoms with Crippen molar-refractivity contribution in [1.82, 2.24) is 20.4 Å². The predicted octanol–water partition coefficient (Wildman–Crippen LogP) is 2.55. The minimum atomic E-state index is -0.627. The number of rotatable bonds is 6. The molecule has 3 heterocycles. The number of aromatic nitrogens is 2. The zero-order valence-corrected chi connectivity index (χ0v) is 18.1. The third kappa shape index (κ3) is 4.00. The summed E-state index contributed by atoms with van der Waals surface area (Å²) in [5.74, 6) is -1.09. The van der Waals surface area contributed by atoms with Gasteiger partial charge in [0.25, 0.3) is 5.91 Å². The number of hydrogen-bond acceptors (Lipinski definition) is 7. The summed E-state index contributed by atoms with van der Waals surface area (Å²) in [6.07, 6.45) is 4.87. The molecule has 0 saturated heterocycles. The van der Waals surface area contributed by atoms with Crippen molar-refractivity contribution < 1.29 is 14.3 Å². The summed E-state index contributed by atoms with van der Waals surface area (Å²) >= 11 is 0. The van der Waals surface area contributed by atoms with Gasteiger partial charge in [-0.3, -0.25) is 14.8 Å². The number of benzene rings is 1. The van der Waals surface area contributed by atoms with E-state index in [1.165, 1.54) is 18.5 Å². The van der Waals surface area contributed by atoms with Crippen LogP contribution in [0.2, 0.25) is 0 Å². The first kappa shape index (κ1) is 21.7. The van der Waals surface area contributed by atoms with E-state index in [2.05, 4.69) is 20.7 Å². The van der Waals surface area contributed by atoms with E-state index in [4.69, 9.17) is 5.73 Å². The van der Waals surface area contributed by atoms with Gasteiger partial charge in [0.15, 0.2) is 0 Å². The van der Waals surface area contributed by atoms with Crippen LogP contribution in [0.4, 0.5) is 10.1 Å². The molecule has 1 aromatic carbocycles. The highest BCUT2D eigenvalue weighted by molar-refractivity contribution is 6.07. The highest BCUT2D eigenvalue weighted by atomic mass is 19.1. The Morgan fingerprint density at radius 2 is 2.12 bits per heavy atom. The number of nitrogens with zero attached hydrogens (tertiary/aromatic N) is 3. The van der Waals surface area contributed by atoms with E-state index >= 15 is 0 Å². The number of primary amides is 1. The van der Waals surface area contributed by atoms with Crippen LogP contribution in [-0.4, -0.2) is 45.1 Å². The van der Waals surface area contributed by atoms with Crippen molar-refractivity contribution in [1.29, 1.82) is 0 Å². The second-order valence-electron chi connectivity index (χ2n) is 7.98. The van der Waals surface area contributed by atoms with Crippen LogP contribution >= 0.6 is 0 Å². The number of nitrogens with one attached hydrogen (secondary N) is 2. The van der Waals surface area contributed by atoms with E-state index in [0.717, 1.165) is 5.57 Å². The van der Waals surface area contributed by atoms with Crippen LogP contribution in [0, 0.1) is 5.82 Å². The molecule has 0 radical (unpaired) electrons. The van der Waals surface area contributed by atoms with Crippen molar-refractivity contribution in [2.24, 2.45) is 5.73 Å². The molecule has 1 aliphatic heterocycles. The van der Waals surface area contributed by atoms with Crippen LogP contribution in [0.25, 0.3) is 22.0 Å². The number of aliphatic hydroxyl groups is 1. The maximum Gasteiger partial charge on any atom is 0.252 e. The van der Waals surface area contributed by atoms with Crippen molar-refractivity contribution in [3.8, 4) is 11.1 Å². The fraction of sp³-hybridized carbons (Fsp3) is 0.261. The lowest BCUT2D eigenvalue weighted by Crippen LogP contribution is -2.44. The number of pyridine rings is 2. The Bertz CT molecular complexity index is 1210. The molecule has 4 rings (SSSR count). The number of amides is 1. The van der Waals surface area contributed by atoms with Gasteiger partial charge in [-0.15, -0.1) is 0 Å². The molecule has 1 amide bonds. The average Bonchev–Trinajstić information content (AvgIpc) is 3.11. The van der Waals surface area contributed by atoms with Crippen LogP contribution in [0.3, 0.4) is 0 Å². The lowest BCUT2D eigenvalue weighted by atomic mass is 9.99. The van der Waals surface area contributed by atoms with Crippen molar-refractivity contribution in [2.75, 3.05) is 12.4 Å². The summed E-state index contributed by atoms with van der Waals surface area (Å²) in [6, 6.07) is 6.19. The monoisotopic (exact) mass is 436 g/mol. The molecule has 9 heteroatoms. The molecule has 0 spiro atoms. The van der Waals surface area contributed by atoms with E-state index < -0.39 is 11.7 Å². The van der Waals surface area contributed by atoms with Gasteiger partial charge >= 0.3 is 0 Å². The summed E-state index contributed by atoms with van der Waals surface area (Å²) < 4.78 is 14.9. The normalized spacial score (nSPS) is 16.8. The van der Waals surface area contributed by atoms with Gasteiger partial charge in [-0.25, -0.2) is 9.82 Å². The molecule has 5 N–H and O–H groups in total. The van der Waals surface area contributed by atoms with Crippen molar-refractivity contribution in [2.45, 2.75) is 32.5 Å². The predicted molar refractivity (Wildman–Crippen MR) is 121 cm³/mol. The first-order valence-electron chi connectivity index (χ1n) is 10.2. The Balaban J connectivity index is 1.82. The minimum Gasteiger partial charge on any atom is -0.390 e. The smallest absolute Gasteiger partial charge is 0.252 e.